The normalized spacial score (nSPS) is 14.0. The fourth-order valence-electron chi connectivity index (χ4n) is 3.54. The second-order valence-corrected chi connectivity index (χ2v) is 6.83. The number of rotatable bonds is 6. The standard InChI is InChI=1S/C21H23N5O3/c1-28-18-11-14(19-15(12-22)20(24)25-21(27)16(19)13-23)5-6-17(18)29-10-9-26-7-3-2-4-8-26/h5-6,11H,2-4,7-10H2,1H3,(H3,24,25,27). The van der Waals surface area contributed by atoms with E-state index in [-0.39, 0.29) is 22.5 Å². The predicted molar refractivity (Wildman–Crippen MR) is 109 cm³/mol. The molecule has 0 aliphatic carbocycles. The van der Waals surface area contributed by atoms with Crippen molar-refractivity contribution in [1.29, 1.82) is 10.5 Å². The number of pyridine rings is 1. The van der Waals surface area contributed by atoms with Crippen LogP contribution in [-0.2, 0) is 0 Å². The molecule has 0 unspecified atom stereocenters. The Morgan fingerprint density at radius 3 is 2.52 bits per heavy atom. The lowest BCUT2D eigenvalue weighted by atomic mass is 9.96. The molecule has 0 amide bonds. The average Bonchev–Trinajstić information content (AvgIpc) is 2.74. The van der Waals surface area contributed by atoms with Gasteiger partial charge in [0.15, 0.2) is 11.5 Å². The molecule has 150 valence electrons. The largest absolute Gasteiger partial charge is 0.493 e. The van der Waals surface area contributed by atoms with Crippen molar-refractivity contribution in [2.24, 2.45) is 0 Å². The van der Waals surface area contributed by atoms with E-state index in [0.29, 0.717) is 23.7 Å². The number of H-pyrrole nitrogens is 1. The van der Waals surface area contributed by atoms with Crippen LogP contribution in [0.15, 0.2) is 23.0 Å². The van der Waals surface area contributed by atoms with Gasteiger partial charge in [0.05, 0.1) is 7.11 Å². The fourth-order valence-corrected chi connectivity index (χ4v) is 3.54. The van der Waals surface area contributed by atoms with Crippen LogP contribution in [0, 0.1) is 22.7 Å². The van der Waals surface area contributed by atoms with E-state index in [0.717, 1.165) is 19.6 Å². The monoisotopic (exact) mass is 393 g/mol. The zero-order chi connectivity index (χ0) is 20.8. The summed E-state index contributed by atoms with van der Waals surface area (Å²) in [6, 6.07) is 8.87. The first-order chi connectivity index (χ1) is 14.1. The Bertz CT molecular complexity index is 1030. The summed E-state index contributed by atoms with van der Waals surface area (Å²) in [6.45, 7) is 3.56. The van der Waals surface area contributed by atoms with Crippen molar-refractivity contribution in [2.75, 3.05) is 39.1 Å². The molecule has 1 aliphatic rings. The van der Waals surface area contributed by atoms with E-state index in [2.05, 4.69) is 9.88 Å². The summed E-state index contributed by atoms with van der Waals surface area (Å²) < 4.78 is 11.3. The number of hydrogen-bond donors (Lipinski definition) is 2. The van der Waals surface area contributed by atoms with Crippen LogP contribution in [0.25, 0.3) is 11.1 Å². The van der Waals surface area contributed by atoms with Gasteiger partial charge in [-0.3, -0.25) is 9.69 Å². The molecule has 3 rings (SSSR count). The molecule has 1 aliphatic heterocycles. The molecule has 0 atom stereocenters. The molecule has 1 aromatic carbocycles. The van der Waals surface area contributed by atoms with Crippen molar-refractivity contribution in [1.82, 2.24) is 9.88 Å². The number of nitrogens with one attached hydrogen (secondary N) is 1. The number of benzene rings is 1. The smallest absolute Gasteiger partial charge is 0.268 e. The molecule has 2 aromatic rings. The number of nitrogen functional groups attached to an aromatic ring is 1. The van der Waals surface area contributed by atoms with Crippen LogP contribution in [0.3, 0.4) is 0 Å². The molecule has 1 fully saturated rings. The topological polar surface area (TPSA) is 128 Å². The van der Waals surface area contributed by atoms with Crippen molar-refractivity contribution in [2.45, 2.75) is 19.3 Å². The van der Waals surface area contributed by atoms with Crippen LogP contribution in [0.2, 0.25) is 0 Å². The lowest BCUT2D eigenvalue weighted by Crippen LogP contribution is -2.33. The molecule has 0 bridgehead atoms. The number of nitrogens with two attached hydrogens (primary N) is 1. The van der Waals surface area contributed by atoms with E-state index in [1.807, 2.05) is 12.1 Å². The second kappa shape index (κ2) is 9.13. The molecule has 29 heavy (non-hydrogen) atoms. The van der Waals surface area contributed by atoms with Crippen molar-refractivity contribution >= 4 is 5.82 Å². The summed E-state index contributed by atoms with van der Waals surface area (Å²) in [5, 5.41) is 18.9. The molecule has 0 spiro atoms. The zero-order valence-electron chi connectivity index (χ0n) is 16.3. The first kappa shape index (κ1) is 20.2. The van der Waals surface area contributed by atoms with Gasteiger partial charge in [-0.05, 0) is 43.6 Å². The lowest BCUT2D eigenvalue weighted by molar-refractivity contribution is 0.180. The fraction of sp³-hybridized carbons (Fsp3) is 0.381. The number of piperidine rings is 1. The first-order valence-corrected chi connectivity index (χ1v) is 9.48. The van der Waals surface area contributed by atoms with Gasteiger partial charge in [-0.25, -0.2) is 0 Å². The Kier molecular flexibility index (Phi) is 6.38. The maximum absolute atomic E-state index is 12.1. The maximum Gasteiger partial charge on any atom is 0.268 e. The number of ether oxygens (including phenoxy) is 2. The third kappa shape index (κ3) is 4.34. The number of aromatic amines is 1. The predicted octanol–water partition coefficient (Wildman–Crippen LogP) is 2.24. The SMILES string of the molecule is COc1cc(-c2c(C#N)c(N)[nH]c(=O)c2C#N)ccc1OCCN1CCCCC1. The summed E-state index contributed by atoms with van der Waals surface area (Å²) >= 11 is 0. The Morgan fingerprint density at radius 2 is 1.86 bits per heavy atom. The van der Waals surface area contributed by atoms with Crippen molar-refractivity contribution < 1.29 is 9.47 Å². The second-order valence-electron chi connectivity index (χ2n) is 6.83. The van der Waals surface area contributed by atoms with Crippen LogP contribution in [0.1, 0.15) is 30.4 Å². The van der Waals surface area contributed by atoms with Gasteiger partial charge in [-0.2, -0.15) is 10.5 Å². The van der Waals surface area contributed by atoms with Crippen molar-refractivity contribution in [3.63, 3.8) is 0 Å². The summed E-state index contributed by atoms with van der Waals surface area (Å²) in [5.74, 6) is 0.934. The Balaban J connectivity index is 1.89. The summed E-state index contributed by atoms with van der Waals surface area (Å²) in [7, 11) is 1.51. The van der Waals surface area contributed by atoms with Crippen LogP contribution in [0.4, 0.5) is 5.82 Å². The molecule has 2 heterocycles. The number of hydrogen-bond acceptors (Lipinski definition) is 7. The van der Waals surface area contributed by atoms with Gasteiger partial charge in [0.1, 0.15) is 35.7 Å². The lowest BCUT2D eigenvalue weighted by Gasteiger charge is -2.26. The van der Waals surface area contributed by atoms with Crippen LogP contribution >= 0.6 is 0 Å². The highest BCUT2D eigenvalue weighted by Crippen LogP contribution is 2.35. The molecule has 8 nitrogen and oxygen atoms in total. The Morgan fingerprint density at radius 1 is 1.14 bits per heavy atom. The van der Waals surface area contributed by atoms with E-state index in [1.165, 1.54) is 26.4 Å². The van der Waals surface area contributed by atoms with Gasteiger partial charge in [-0.1, -0.05) is 12.5 Å². The zero-order valence-corrected chi connectivity index (χ0v) is 16.3. The highest BCUT2D eigenvalue weighted by Gasteiger charge is 2.20. The van der Waals surface area contributed by atoms with Gasteiger partial charge >= 0.3 is 0 Å². The Hall–Kier alpha value is -3.49. The first-order valence-electron chi connectivity index (χ1n) is 9.48. The number of aromatic nitrogens is 1. The van der Waals surface area contributed by atoms with Gasteiger partial charge in [0, 0.05) is 12.1 Å². The third-order valence-corrected chi connectivity index (χ3v) is 5.03. The molecular weight excluding hydrogens is 370 g/mol. The number of nitriles is 2. The quantitative estimate of drug-likeness (QED) is 0.770. The average molecular weight is 393 g/mol. The highest BCUT2D eigenvalue weighted by molar-refractivity contribution is 5.81. The molecular formula is C21H23N5O3. The van der Waals surface area contributed by atoms with E-state index in [4.69, 9.17) is 15.2 Å². The van der Waals surface area contributed by atoms with Gasteiger partial charge in [-0.15, -0.1) is 0 Å². The molecule has 1 aromatic heterocycles. The minimum atomic E-state index is -0.639. The minimum Gasteiger partial charge on any atom is -0.493 e. The van der Waals surface area contributed by atoms with Crippen molar-refractivity contribution in [3.05, 3.63) is 39.7 Å². The highest BCUT2D eigenvalue weighted by atomic mass is 16.5. The van der Waals surface area contributed by atoms with Gasteiger partial charge in [0.2, 0.25) is 0 Å². The summed E-state index contributed by atoms with van der Waals surface area (Å²) in [5.41, 5.74) is 5.69. The molecule has 3 N–H and O–H groups in total. The molecule has 1 saturated heterocycles. The Labute approximate surface area is 169 Å². The maximum atomic E-state index is 12.1. The van der Waals surface area contributed by atoms with E-state index in [1.54, 1.807) is 18.2 Å². The van der Waals surface area contributed by atoms with E-state index >= 15 is 0 Å². The number of likely N-dealkylation sites (tertiary alicyclic amines) is 1. The van der Waals surface area contributed by atoms with Gasteiger partial charge in [0.25, 0.3) is 5.56 Å². The van der Waals surface area contributed by atoms with Crippen LogP contribution in [-0.4, -0.2) is 43.2 Å². The number of anilines is 1. The van der Waals surface area contributed by atoms with Crippen molar-refractivity contribution in [3.8, 4) is 34.8 Å². The van der Waals surface area contributed by atoms with E-state index in [9.17, 15) is 15.3 Å². The number of methoxy groups -OCH3 is 1. The summed E-state index contributed by atoms with van der Waals surface area (Å²) in [6.07, 6.45) is 3.73. The minimum absolute atomic E-state index is 0.0435. The van der Waals surface area contributed by atoms with Gasteiger partial charge < -0.3 is 20.2 Å². The van der Waals surface area contributed by atoms with Crippen LogP contribution in [0.5, 0.6) is 11.5 Å². The molecule has 0 saturated carbocycles. The molecule has 8 heteroatoms. The number of nitrogens with zero attached hydrogens (tertiary/aromatic N) is 3. The molecule has 0 radical (unpaired) electrons. The van der Waals surface area contributed by atoms with Crippen LogP contribution < -0.4 is 20.8 Å². The summed E-state index contributed by atoms with van der Waals surface area (Å²) in [4.78, 5) is 16.8. The third-order valence-electron chi connectivity index (χ3n) is 5.03. The van der Waals surface area contributed by atoms with E-state index < -0.39 is 5.56 Å².